The lowest BCUT2D eigenvalue weighted by molar-refractivity contribution is -0.131. The molecule has 0 N–H and O–H groups in total. The van der Waals surface area contributed by atoms with Crippen LogP contribution in [0.1, 0.15) is 43.7 Å². The fourth-order valence-corrected chi connectivity index (χ4v) is 13.1. The van der Waals surface area contributed by atoms with E-state index in [0.717, 1.165) is 0 Å². The number of sulfone groups is 2. The molecule has 0 bridgehead atoms. The molecular weight excluding hydrogens is 739 g/mol. The molecule has 2 amide bonds. The van der Waals surface area contributed by atoms with Gasteiger partial charge < -0.3 is 14.4 Å². The van der Waals surface area contributed by atoms with Crippen molar-refractivity contribution in [2.24, 2.45) is 5.92 Å². The van der Waals surface area contributed by atoms with E-state index >= 15 is 13.2 Å². The van der Waals surface area contributed by atoms with Crippen LogP contribution in [-0.2, 0) is 44.3 Å². The number of para-hydroxylation sites is 2. The number of carbonyl (C=O) groups is 2. The third-order valence-electron chi connectivity index (χ3n) is 11.4. The second-order valence-electron chi connectivity index (χ2n) is 14.2. The lowest BCUT2D eigenvalue weighted by Gasteiger charge is -2.42. The molecule has 4 heterocycles. The number of hydrogen-bond donors (Lipinski definition) is 0. The zero-order valence-corrected chi connectivity index (χ0v) is 32.3. The van der Waals surface area contributed by atoms with Gasteiger partial charge in [-0.3, -0.25) is 19.4 Å². The second-order valence-corrected chi connectivity index (χ2v) is 18.3. The Kier molecular flexibility index (Phi) is 9.69. The summed E-state index contributed by atoms with van der Waals surface area (Å²) in [6, 6.07) is 30.5. The van der Waals surface area contributed by atoms with Crippen LogP contribution in [-0.4, -0.2) is 77.8 Å². The molecule has 1 spiro atoms. The van der Waals surface area contributed by atoms with Crippen molar-refractivity contribution in [3.05, 3.63) is 132 Å². The molecule has 0 saturated carbocycles. The Labute approximate surface area is 322 Å². The lowest BCUT2D eigenvalue weighted by Crippen LogP contribution is -2.55. The van der Waals surface area contributed by atoms with E-state index < -0.39 is 54.0 Å². The first kappa shape index (κ1) is 37.1. The predicted octanol–water partition coefficient (Wildman–Crippen LogP) is 5.64. The smallest absolute Gasteiger partial charge is 0.259 e. The zero-order valence-electron chi connectivity index (χ0n) is 30.7. The monoisotopic (exact) mass is 781 g/mol. The topological polar surface area (TPSA) is 131 Å². The molecule has 4 aromatic rings. The molecule has 1 saturated heterocycles. The first-order valence-corrected chi connectivity index (χ1v) is 21.8. The molecule has 55 heavy (non-hydrogen) atoms. The molecule has 13 heteroatoms. The summed E-state index contributed by atoms with van der Waals surface area (Å²) < 4.78 is 71.9. The Balaban J connectivity index is 1.45. The zero-order chi connectivity index (χ0) is 38.5. The molecular formula is C42H43N3O8S2. The molecule has 0 unspecified atom stereocenters. The summed E-state index contributed by atoms with van der Waals surface area (Å²) in [5, 5.41) is -1.52. The highest BCUT2D eigenvalue weighted by molar-refractivity contribution is 7.93. The Morgan fingerprint density at radius 3 is 1.96 bits per heavy atom. The first-order valence-electron chi connectivity index (χ1n) is 18.6. The van der Waals surface area contributed by atoms with Crippen molar-refractivity contribution in [3.8, 4) is 0 Å². The van der Waals surface area contributed by atoms with Crippen LogP contribution in [0.3, 0.4) is 0 Å². The van der Waals surface area contributed by atoms with Crippen LogP contribution in [0.4, 0.5) is 11.4 Å². The minimum atomic E-state index is -4.44. The van der Waals surface area contributed by atoms with E-state index in [4.69, 9.17) is 9.47 Å². The molecule has 286 valence electrons. The minimum Gasteiger partial charge on any atom is -0.361 e. The number of benzene rings is 4. The number of nitrogens with zero attached hydrogens (tertiary/aromatic N) is 3. The Morgan fingerprint density at radius 2 is 1.29 bits per heavy atom. The second kappa shape index (κ2) is 14.4. The Hall–Kier alpha value is -4.82. The molecule has 0 aliphatic carbocycles. The van der Waals surface area contributed by atoms with Crippen LogP contribution in [0.5, 0.6) is 0 Å². The number of amides is 2. The Morgan fingerprint density at radius 1 is 0.709 bits per heavy atom. The molecule has 4 aliphatic rings. The number of hydrogen-bond acceptors (Lipinski definition) is 9. The van der Waals surface area contributed by atoms with Crippen LogP contribution in [0.25, 0.3) is 0 Å². The third-order valence-corrected chi connectivity index (χ3v) is 15.3. The van der Waals surface area contributed by atoms with E-state index in [9.17, 15) is 13.2 Å². The highest BCUT2D eigenvalue weighted by Crippen LogP contribution is 2.62. The summed E-state index contributed by atoms with van der Waals surface area (Å²) >= 11 is 0. The molecule has 8 rings (SSSR count). The van der Waals surface area contributed by atoms with Crippen LogP contribution in [0, 0.1) is 5.92 Å². The lowest BCUT2D eigenvalue weighted by atomic mass is 9.80. The summed E-state index contributed by atoms with van der Waals surface area (Å²) in [5.41, 5.74) is 1.52. The van der Waals surface area contributed by atoms with Crippen molar-refractivity contribution in [2.75, 3.05) is 48.8 Å². The van der Waals surface area contributed by atoms with E-state index in [-0.39, 0.29) is 35.7 Å². The highest BCUT2D eigenvalue weighted by atomic mass is 32.2. The van der Waals surface area contributed by atoms with Crippen LogP contribution >= 0.6 is 0 Å². The molecule has 0 aromatic heterocycles. The van der Waals surface area contributed by atoms with E-state index in [2.05, 4.69) is 0 Å². The average molecular weight is 782 g/mol. The number of fused-ring (bicyclic) bond motifs is 5. The largest absolute Gasteiger partial charge is 0.361 e. The van der Waals surface area contributed by atoms with Crippen molar-refractivity contribution >= 4 is 42.9 Å². The number of anilines is 2. The fraction of sp³-hybridized carbons (Fsp3) is 0.333. The highest BCUT2D eigenvalue weighted by Gasteiger charge is 2.70. The maximum Gasteiger partial charge on any atom is 0.259 e. The quantitative estimate of drug-likeness (QED) is 0.179. The Bertz CT molecular complexity index is 2390. The molecule has 4 aliphatic heterocycles. The SMILES string of the molecule is CCOCN1C(=O)[C@@H](C2=C3[C@@H](S(=O)(=O)c4ccccc4)[C@H](CS(=O)(=O)c4ccccc4)[C@]4(C(=O)N(COCC)c5ccccc54)N3CCC2)c2ccccc21. The van der Waals surface area contributed by atoms with Gasteiger partial charge in [0.25, 0.3) is 5.91 Å². The van der Waals surface area contributed by atoms with Crippen molar-refractivity contribution in [3.63, 3.8) is 0 Å². The maximum absolute atomic E-state index is 15.6. The van der Waals surface area contributed by atoms with Gasteiger partial charge in [-0.05, 0) is 74.2 Å². The van der Waals surface area contributed by atoms with Gasteiger partial charge in [-0.2, -0.15) is 0 Å². The van der Waals surface area contributed by atoms with Crippen molar-refractivity contribution < 1.29 is 35.9 Å². The van der Waals surface area contributed by atoms with E-state index in [0.29, 0.717) is 59.8 Å². The third kappa shape index (κ3) is 5.73. The normalized spacial score (nSPS) is 23.5. The van der Waals surface area contributed by atoms with Gasteiger partial charge in [0, 0.05) is 36.9 Å². The molecule has 4 atom stereocenters. The fourth-order valence-electron chi connectivity index (χ4n) is 9.17. The van der Waals surface area contributed by atoms with Crippen LogP contribution in [0.15, 0.2) is 130 Å². The summed E-state index contributed by atoms with van der Waals surface area (Å²) in [5.74, 6) is -3.60. The van der Waals surface area contributed by atoms with E-state index in [1.807, 2.05) is 43.0 Å². The molecule has 4 aromatic carbocycles. The standard InChI is InChI=1S/C42H43N3O8S2/c1-3-52-27-43-35-23-13-11-20-31(35)37(40(43)46)32-21-15-25-45-38(32)39(55(50,51)30-18-9-6-10-19-30)34(26-54(48,49)29-16-7-5-8-17-29)42(45)33-22-12-14-24-36(33)44(41(42)47)28-53-4-2/h5-14,16-20,22-24,34,37,39H,3-4,15,21,25-28H2,1-2H3/t34-,37+,39-,42+/m0/s1. The molecule has 1 fully saturated rings. The van der Waals surface area contributed by atoms with Gasteiger partial charge >= 0.3 is 0 Å². The van der Waals surface area contributed by atoms with Gasteiger partial charge in [0.2, 0.25) is 5.91 Å². The minimum absolute atomic E-state index is 0.00226. The van der Waals surface area contributed by atoms with Gasteiger partial charge in [0.15, 0.2) is 25.2 Å². The van der Waals surface area contributed by atoms with Gasteiger partial charge in [-0.25, -0.2) is 16.8 Å². The van der Waals surface area contributed by atoms with Crippen molar-refractivity contribution in [1.29, 1.82) is 0 Å². The summed E-state index contributed by atoms with van der Waals surface area (Å²) in [4.78, 5) is 35.2. The summed E-state index contributed by atoms with van der Waals surface area (Å²) in [6.45, 7) is 4.53. The summed E-state index contributed by atoms with van der Waals surface area (Å²) in [6.07, 6.45) is 0.863. The van der Waals surface area contributed by atoms with Crippen LogP contribution < -0.4 is 9.80 Å². The number of ether oxygens (including phenoxy) is 2. The number of carbonyl (C=O) groups excluding carboxylic acids is 2. The van der Waals surface area contributed by atoms with Gasteiger partial charge in [0.05, 0.1) is 32.8 Å². The summed E-state index contributed by atoms with van der Waals surface area (Å²) in [7, 11) is -8.65. The molecule has 0 radical (unpaired) electrons. The number of rotatable bonds is 12. The van der Waals surface area contributed by atoms with E-state index in [1.54, 1.807) is 65.6 Å². The maximum atomic E-state index is 15.6. The average Bonchev–Trinajstić information content (AvgIpc) is 3.76. The first-order chi connectivity index (χ1) is 26.6. The predicted molar refractivity (Wildman–Crippen MR) is 208 cm³/mol. The van der Waals surface area contributed by atoms with Gasteiger partial charge in [-0.1, -0.05) is 72.8 Å². The van der Waals surface area contributed by atoms with Gasteiger partial charge in [0.1, 0.15) is 18.7 Å². The van der Waals surface area contributed by atoms with Gasteiger partial charge in [-0.15, -0.1) is 0 Å². The van der Waals surface area contributed by atoms with Crippen LogP contribution in [0.2, 0.25) is 0 Å². The van der Waals surface area contributed by atoms with Crippen molar-refractivity contribution in [2.45, 2.75) is 53.2 Å². The molecule has 11 nitrogen and oxygen atoms in total. The van der Waals surface area contributed by atoms with E-state index in [1.165, 1.54) is 29.2 Å². The van der Waals surface area contributed by atoms with Crippen molar-refractivity contribution in [1.82, 2.24) is 4.90 Å².